The molecular weight excluding hydrogens is 818 g/mol. The summed E-state index contributed by atoms with van der Waals surface area (Å²) >= 11 is 0. The van der Waals surface area contributed by atoms with E-state index < -0.39 is 0 Å². The average Bonchev–Trinajstić information content (AvgIpc) is 3.16. The molecule has 0 radical (unpaired) electrons. The number of benzene rings is 6. The van der Waals surface area contributed by atoms with Gasteiger partial charge >= 0.3 is 21.1 Å². The SMILES string of the molecule is CC(C)(C)c1cc2c3c(c1)Oc1ccc(-c4cc5ccccc5cn4)[c-]c1B3c1[c-]c(-c3ccc(-c4cccc5ccccc45)cn3)ccc1O2.[Pt+2]. The zero-order valence-electron chi connectivity index (χ0n) is 28.8. The molecular formula is C46H31BN2O2Pt. The molecule has 8 aromatic rings. The second-order valence-corrected chi connectivity index (χ2v) is 14.4. The summed E-state index contributed by atoms with van der Waals surface area (Å²) in [5.41, 5.74) is 9.71. The van der Waals surface area contributed by atoms with Crippen molar-refractivity contribution >= 4 is 44.6 Å². The van der Waals surface area contributed by atoms with Gasteiger partial charge in [0.1, 0.15) is 11.5 Å². The Hall–Kier alpha value is -5.51. The minimum Gasteiger partial charge on any atom is -0.503 e. The molecule has 4 heterocycles. The van der Waals surface area contributed by atoms with Gasteiger partial charge in [-0.2, -0.15) is 0 Å². The van der Waals surface area contributed by atoms with Crippen LogP contribution >= 0.6 is 0 Å². The van der Waals surface area contributed by atoms with Gasteiger partial charge in [0.05, 0.1) is 0 Å². The van der Waals surface area contributed by atoms with Gasteiger partial charge in [-0.3, -0.25) is 0 Å². The fourth-order valence-electron chi connectivity index (χ4n) is 7.48. The molecule has 0 saturated carbocycles. The van der Waals surface area contributed by atoms with Crippen LogP contribution in [-0.2, 0) is 26.5 Å². The minimum absolute atomic E-state index is 0. The molecule has 4 nitrogen and oxygen atoms in total. The maximum Gasteiger partial charge on any atom is 2.00 e. The first kappa shape index (κ1) is 32.4. The van der Waals surface area contributed by atoms with E-state index in [9.17, 15) is 0 Å². The van der Waals surface area contributed by atoms with E-state index in [-0.39, 0.29) is 33.2 Å². The van der Waals surface area contributed by atoms with E-state index in [1.165, 1.54) is 16.3 Å². The molecule has 2 aliphatic heterocycles. The van der Waals surface area contributed by atoms with Crippen molar-refractivity contribution < 1.29 is 30.5 Å². The van der Waals surface area contributed by atoms with Crippen molar-refractivity contribution in [2.75, 3.05) is 0 Å². The molecule has 0 unspecified atom stereocenters. The summed E-state index contributed by atoms with van der Waals surface area (Å²) in [5, 5.41) is 4.67. The van der Waals surface area contributed by atoms with Gasteiger partial charge in [-0.05, 0) is 67.2 Å². The zero-order chi connectivity index (χ0) is 34.3. The van der Waals surface area contributed by atoms with Crippen LogP contribution < -0.4 is 25.9 Å². The summed E-state index contributed by atoms with van der Waals surface area (Å²) in [5.74, 6) is 3.17. The third-order valence-electron chi connectivity index (χ3n) is 10.2. The number of pyridine rings is 2. The van der Waals surface area contributed by atoms with E-state index in [0.29, 0.717) is 0 Å². The summed E-state index contributed by atoms with van der Waals surface area (Å²) in [6.07, 6.45) is 3.89. The Kier molecular flexibility index (Phi) is 7.68. The predicted octanol–water partition coefficient (Wildman–Crippen LogP) is 9.41. The van der Waals surface area contributed by atoms with Crippen LogP contribution in [-0.4, -0.2) is 16.7 Å². The molecule has 6 heteroatoms. The maximum absolute atomic E-state index is 6.69. The van der Waals surface area contributed by atoms with E-state index in [0.717, 1.165) is 83.8 Å². The molecule has 0 spiro atoms. The van der Waals surface area contributed by atoms with Crippen molar-refractivity contribution in [1.82, 2.24) is 9.97 Å². The summed E-state index contributed by atoms with van der Waals surface area (Å²) in [6, 6.07) is 49.6. The van der Waals surface area contributed by atoms with Crippen molar-refractivity contribution in [2.24, 2.45) is 0 Å². The Morgan fingerprint density at radius 1 is 0.558 bits per heavy atom. The number of hydrogen-bond acceptors (Lipinski definition) is 4. The second kappa shape index (κ2) is 12.3. The van der Waals surface area contributed by atoms with Crippen molar-refractivity contribution in [2.45, 2.75) is 26.2 Å². The molecule has 0 N–H and O–H groups in total. The zero-order valence-corrected chi connectivity index (χ0v) is 31.1. The molecule has 2 aliphatic rings. The number of rotatable bonds is 3. The standard InChI is InChI=1S/C46H31BN2O2.Pt/c1-46(2,3)34-24-43-45-44(25-34)51-42-20-17-31(40-23-29-10-4-5-11-32(29)26-49-40)22-38(42)47(45)37-21-30(16-19-41(37)50-43)39-18-15-33(27-48-39)36-14-8-12-28-9-6-7-13-35(28)36;/h4-20,23-27H,1-3H3;/q-2;+2. The van der Waals surface area contributed by atoms with E-state index >= 15 is 0 Å². The van der Waals surface area contributed by atoms with Gasteiger partial charge in [0.15, 0.2) is 0 Å². The third kappa shape index (κ3) is 5.34. The maximum atomic E-state index is 6.69. The molecule has 2 aromatic heterocycles. The third-order valence-corrected chi connectivity index (χ3v) is 10.2. The number of aromatic nitrogens is 2. The normalized spacial score (nSPS) is 12.6. The Labute approximate surface area is 317 Å². The summed E-state index contributed by atoms with van der Waals surface area (Å²) in [4.78, 5) is 9.78. The van der Waals surface area contributed by atoms with Crippen LogP contribution in [0.15, 0.2) is 134 Å². The Balaban J connectivity index is 0.00000360. The van der Waals surface area contributed by atoms with Crippen LogP contribution in [0.1, 0.15) is 26.3 Å². The molecule has 0 amide bonds. The van der Waals surface area contributed by atoms with E-state index in [2.05, 4.69) is 148 Å². The molecule has 10 rings (SSSR count). The van der Waals surface area contributed by atoms with Gasteiger partial charge in [0.2, 0.25) is 6.71 Å². The summed E-state index contributed by atoms with van der Waals surface area (Å²) in [6.45, 7) is 6.43. The Bertz CT molecular complexity index is 2680. The molecule has 0 atom stereocenters. The van der Waals surface area contributed by atoms with E-state index in [1.54, 1.807) is 0 Å². The number of hydrogen-bond donors (Lipinski definition) is 0. The molecule has 0 fully saturated rings. The number of ether oxygens (including phenoxy) is 2. The molecule has 250 valence electrons. The van der Waals surface area contributed by atoms with Crippen LogP contribution in [0.5, 0.6) is 23.0 Å². The van der Waals surface area contributed by atoms with Gasteiger partial charge in [-0.25, -0.2) is 0 Å². The fraction of sp³-hybridized carbons (Fsp3) is 0.0870. The van der Waals surface area contributed by atoms with Gasteiger partial charge < -0.3 is 19.4 Å². The molecule has 0 bridgehead atoms. The van der Waals surface area contributed by atoms with Crippen LogP contribution in [0.4, 0.5) is 0 Å². The van der Waals surface area contributed by atoms with Crippen molar-refractivity contribution in [3.8, 4) is 56.6 Å². The summed E-state index contributed by atoms with van der Waals surface area (Å²) < 4.78 is 13.4. The second-order valence-electron chi connectivity index (χ2n) is 14.4. The van der Waals surface area contributed by atoms with Crippen molar-refractivity contribution in [3.63, 3.8) is 0 Å². The Morgan fingerprint density at radius 2 is 1.17 bits per heavy atom. The van der Waals surface area contributed by atoms with Gasteiger partial charge in [0, 0.05) is 29.4 Å². The smallest absolute Gasteiger partial charge is 0.503 e. The topological polar surface area (TPSA) is 44.2 Å². The van der Waals surface area contributed by atoms with Crippen LogP contribution in [0.2, 0.25) is 0 Å². The average molecular weight is 850 g/mol. The monoisotopic (exact) mass is 849 g/mol. The first-order valence-electron chi connectivity index (χ1n) is 17.3. The molecule has 6 aromatic carbocycles. The molecule has 0 saturated heterocycles. The fourth-order valence-corrected chi connectivity index (χ4v) is 7.48. The number of nitrogens with zero attached hydrogens (tertiary/aromatic N) is 2. The Morgan fingerprint density at radius 3 is 1.85 bits per heavy atom. The van der Waals surface area contributed by atoms with Crippen molar-refractivity contribution in [3.05, 3.63) is 151 Å². The van der Waals surface area contributed by atoms with Crippen LogP contribution in [0.25, 0.3) is 55.2 Å². The van der Waals surface area contributed by atoms with Gasteiger partial charge in [-0.15, -0.1) is 58.5 Å². The predicted molar refractivity (Wildman–Crippen MR) is 207 cm³/mol. The summed E-state index contributed by atoms with van der Waals surface area (Å²) in [7, 11) is 0. The van der Waals surface area contributed by atoms with Crippen LogP contribution in [0.3, 0.4) is 0 Å². The van der Waals surface area contributed by atoms with Gasteiger partial charge in [0.25, 0.3) is 0 Å². The van der Waals surface area contributed by atoms with Crippen molar-refractivity contribution in [1.29, 1.82) is 0 Å². The minimum atomic E-state index is -0.202. The first-order chi connectivity index (χ1) is 24.9. The van der Waals surface area contributed by atoms with Gasteiger partial charge in [-0.1, -0.05) is 106 Å². The first-order valence-corrected chi connectivity index (χ1v) is 17.3. The largest absolute Gasteiger partial charge is 2.00 e. The van der Waals surface area contributed by atoms with Crippen LogP contribution in [0, 0.1) is 12.1 Å². The molecule has 0 aliphatic carbocycles. The van der Waals surface area contributed by atoms with E-state index in [4.69, 9.17) is 19.4 Å². The van der Waals surface area contributed by atoms with E-state index in [1.807, 2.05) is 18.5 Å². The number of fused-ring (bicyclic) bond motifs is 6. The molecule has 52 heavy (non-hydrogen) atoms. The quantitative estimate of drug-likeness (QED) is 0.131.